The van der Waals surface area contributed by atoms with Gasteiger partial charge in [-0.2, -0.15) is 0 Å². The molecular formula is C10H8O3. The fraction of sp³-hybridized carbons (Fsp3) is 0.400. The molecular weight excluding hydrogens is 168 g/mol. The molecule has 0 spiro atoms. The summed E-state index contributed by atoms with van der Waals surface area (Å²) in [5.41, 5.74) is 1.26. The van der Waals surface area contributed by atoms with Gasteiger partial charge in [0, 0.05) is 11.8 Å². The van der Waals surface area contributed by atoms with Gasteiger partial charge in [0.05, 0.1) is 11.1 Å². The van der Waals surface area contributed by atoms with E-state index < -0.39 is 11.9 Å². The van der Waals surface area contributed by atoms with Gasteiger partial charge < -0.3 is 4.74 Å². The van der Waals surface area contributed by atoms with E-state index in [4.69, 9.17) is 0 Å². The number of hydrogen-bond acceptors (Lipinski definition) is 3. The predicted octanol–water partition coefficient (Wildman–Crippen LogP) is 0.962. The number of fused-ring (bicyclic) bond motifs is 1. The van der Waals surface area contributed by atoms with Crippen molar-refractivity contribution >= 4 is 11.9 Å². The van der Waals surface area contributed by atoms with Crippen molar-refractivity contribution in [3.63, 3.8) is 0 Å². The summed E-state index contributed by atoms with van der Waals surface area (Å²) in [5, 5.41) is 0. The van der Waals surface area contributed by atoms with Gasteiger partial charge in [-0.05, 0) is 12.8 Å². The Bertz CT molecular complexity index is 342. The zero-order valence-electron chi connectivity index (χ0n) is 6.95. The molecule has 13 heavy (non-hydrogen) atoms. The summed E-state index contributed by atoms with van der Waals surface area (Å²) >= 11 is 0. The van der Waals surface area contributed by atoms with Crippen LogP contribution in [-0.4, -0.2) is 11.9 Å². The summed E-state index contributed by atoms with van der Waals surface area (Å²) < 4.78 is 4.60. The minimum Gasteiger partial charge on any atom is -0.386 e. The zero-order valence-corrected chi connectivity index (χ0v) is 6.95. The molecule has 4 aliphatic rings. The van der Waals surface area contributed by atoms with Crippen LogP contribution in [-0.2, 0) is 14.3 Å². The third-order valence-corrected chi connectivity index (χ3v) is 3.02. The highest BCUT2D eigenvalue weighted by molar-refractivity contribution is 6.13. The lowest BCUT2D eigenvalue weighted by atomic mass is 9.72. The Labute approximate surface area is 75.1 Å². The van der Waals surface area contributed by atoms with E-state index in [9.17, 15) is 9.59 Å². The van der Waals surface area contributed by atoms with E-state index in [1.54, 1.807) is 0 Å². The van der Waals surface area contributed by atoms with Crippen LogP contribution in [0.4, 0.5) is 0 Å². The van der Waals surface area contributed by atoms with E-state index in [0.717, 1.165) is 12.8 Å². The molecule has 4 rings (SSSR count). The molecule has 2 bridgehead atoms. The van der Waals surface area contributed by atoms with Crippen molar-refractivity contribution in [1.29, 1.82) is 0 Å². The topological polar surface area (TPSA) is 43.4 Å². The van der Waals surface area contributed by atoms with Gasteiger partial charge in [-0.1, -0.05) is 12.2 Å². The van der Waals surface area contributed by atoms with Gasteiger partial charge in [0.15, 0.2) is 0 Å². The second-order valence-electron chi connectivity index (χ2n) is 3.68. The van der Waals surface area contributed by atoms with Crippen molar-refractivity contribution in [3.05, 3.63) is 23.3 Å². The van der Waals surface area contributed by atoms with E-state index >= 15 is 0 Å². The van der Waals surface area contributed by atoms with Gasteiger partial charge in [0.1, 0.15) is 0 Å². The molecule has 0 saturated carbocycles. The van der Waals surface area contributed by atoms with E-state index in [1.165, 1.54) is 0 Å². The van der Waals surface area contributed by atoms with Crippen molar-refractivity contribution in [2.24, 2.45) is 11.8 Å². The fourth-order valence-corrected chi connectivity index (χ4v) is 2.42. The molecule has 0 N–H and O–H groups in total. The van der Waals surface area contributed by atoms with Crippen molar-refractivity contribution in [1.82, 2.24) is 0 Å². The highest BCUT2D eigenvalue weighted by Gasteiger charge is 2.44. The van der Waals surface area contributed by atoms with Crippen molar-refractivity contribution in [2.75, 3.05) is 0 Å². The highest BCUT2D eigenvalue weighted by Crippen LogP contribution is 2.44. The van der Waals surface area contributed by atoms with Crippen LogP contribution >= 0.6 is 0 Å². The van der Waals surface area contributed by atoms with Crippen LogP contribution < -0.4 is 0 Å². The normalized spacial score (nSPS) is 35.4. The van der Waals surface area contributed by atoms with E-state index in [0.29, 0.717) is 11.1 Å². The average Bonchev–Trinajstić information content (AvgIpc) is 2.47. The summed E-state index contributed by atoms with van der Waals surface area (Å²) in [7, 11) is 0. The second kappa shape index (κ2) is 2.10. The molecule has 0 unspecified atom stereocenters. The first-order valence-corrected chi connectivity index (χ1v) is 4.46. The average molecular weight is 176 g/mol. The molecule has 1 aliphatic heterocycles. The number of cyclic esters (lactones) is 2. The minimum absolute atomic E-state index is 0.138. The largest absolute Gasteiger partial charge is 0.386 e. The Kier molecular flexibility index (Phi) is 1.14. The molecule has 0 aromatic rings. The minimum atomic E-state index is -0.418. The molecule has 0 fully saturated rings. The van der Waals surface area contributed by atoms with E-state index in [1.807, 2.05) is 12.2 Å². The van der Waals surface area contributed by atoms with Gasteiger partial charge in [-0.15, -0.1) is 0 Å². The Morgan fingerprint density at radius 1 is 1.00 bits per heavy atom. The van der Waals surface area contributed by atoms with Crippen LogP contribution in [0.2, 0.25) is 0 Å². The molecule has 0 saturated heterocycles. The van der Waals surface area contributed by atoms with E-state index in [-0.39, 0.29) is 11.8 Å². The monoisotopic (exact) mass is 176 g/mol. The molecule has 0 aromatic carbocycles. The molecule has 3 nitrogen and oxygen atoms in total. The Balaban J connectivity index is 2.19. The SMILES string of the molecule is O=C1OC(=O)C2=C1[C@H]1C=C[C@H]2CC1. The number of carbonyl (C=O) groups excluding carboxylic acids is 2. The maximum absolute atomic E-state index is 11.3. The van der Waals surface area contributed by atoms with Gasteiger partial charge in [-0.3, -0.25) is 0 Å². The molecule has 3 heteroatoms. The first-order chi connectivity index (χ1) is 6.27. The van der Waals surface area contributed by atoms with Crippen molar-refractivity contribution in [2.45, 2.75) is 12.8 Å². The molecule has 1 heterocycles. The van der Waals surface area contributed by atoms with Crippen LogP contribution in [0.15, 0.2) is 23.3 Å². The summed E-state index contributed by atoms with van der Waals surface area (Å²) in [5.74, 6) is -0.559. The lowest BCUT2D eigenvalue weighted by Crippen LogP contribution is -2.23. The summed E-state index contributed by atoms with van der Waals surface area (Å²) in [4.78, 5) is 22.5. The van der Waals surface area contributed by atoms with E-state index in [2.05, 4.69) is 4.74 Å². The number of carbonyl (C=O) groups is 2. The lowest BCUT2D eigenvalue weighted by Gasteiger charge is -2.28. The molecule has 0 aromatic heterocycles. The quantitative estimate of drug-likeness (QED) is 0.313. The smallest absolute Gasteiger partial charge is 0.343 e. The van der Waals surface area contributed by atoms with Gasteiger partial charge in [-0.25, -0.2) is 9.59 Å². The number of ether oxygens (including phenoxy) is 1. The van der Waals surface area contributed by atoms with Gasteiger partial charge in [0.25, 0.3) is 0 Å². The van der Waals surface area contributed by atoms with Gasteiger partial charge >= 0.3 is 11.9 Å². The van der Waals surface area contributed by atoms with Crippen molar-refractivity contribution in [3.8, 4) is 0 Å². The Morgan fingerprint density at radius 2 is 1.46 bits per heavy atom. The maximum atomic E-state index is 11.3. The number of hydrogen-bond donors (Lipinski definition) is 0. The predicted molar refractivity (Wildman–Crippen MR) is 43.5 cm³/mol. The summed E-state index contributed by atoms with van der Waals surface area (Å²) in [6.07, 6.45) is 5.99. The van der Waals surface area contributed by atoms with Crippen LogP contribution in [0.25, 0.3) is 0 Å². The lowest BCUT2D eigenvalue weighted by molar-refractivity contribution is -0.151. The molecule has 2 atom stereocenters. The molecule has 0 radical (unpaired) electrons. The standard InChI is InChI=1S/C10H8O3/c11-9-7-5-1-2-6(4-3-5)8(7)10(12)13-9/h1-2,5-6H,3-4H2/t5-,6-/m0/s1. The zero-order chi connectivity index (χ0) is 9.00. The number of allylic oxidation sites excluding steroid dienone is 2. The second-order valence-corrected chi connectivity index (χ2v) is 3.68. The maximum Gasteiger partial charge on any atom is 0.343 e. The Morgan fingerprint density at radius 3 is 1.85 bits per heavy atom. The fourth-order valence-electron chi connectivity index (χ4n) is 2.42. The van der Waals surface area contributed by atoms with Gasteiger partial charge in [0.2, 0.25) is 0 Å². The molecule has 66 valence electrons. The molecule has 0 amide bonds. The molecule has 3 aliphatic carbocycles. The summed E-state index contributed by atoms with van der Waals surface area (Å²) in [6.45, 7) is 0. The number of esters is 2. The van der Waals surface area contributed by atoms with Crippen molar-refractivity contribution < 1.29 is 14.3 Å². The van der Waals surface area contributed by atoms with Crippen LogP contribution in [0, 0.1) is 11.8 Å². The number of rotatable bonds is 0. The highest BCUT2D eigenvalue weighted by atomic mass is 16.6. The third-order valence-electron chi connectivity index (χ3n) is 3.02. The van der Waals surface area contributed by atoms with Crippen LogP contribution in [0.1, 0.15) is 12.8 Å². The van der Waals surface area contributed by atoms with Crippen LogP contribution in [0.5, 0.6) is 0 Å². The first kappa shape index (κ1) is 7.06. The Hall–Kier alpha value is -1.38. The first-order valence-electron chi connectivity index (χ1n) is 4.46. The van der Waals surface area contributed by atoms with Crippen LogP contribution in [0.3, 0.4) is 0 Å². The summed E-state index contributed by atoms with van der Waals surface area (Å²) in [6, 6.07) is 0. The third kappa shape index (κ3) is 0.742.